The van der Waals surface area contributed by atoms with Gasteiger partial charge in [0.25, 0.3) is 5.91 Å². The quantitative estimate of drug-likeness (QED) is 0.703. The highest BCUT2D eigenvalue weighted by molar-refractivity contribution is 6.83. The number of ketones is 1. The fraction of sp³-hybridized carbons (Fsp3) is 0.300. The van der Waals surface area contributed by atoms with Crippen LogP contribution in [-0.2, 0) is 9.59 Å². The van der Waals surface area contributed by atoms with Crippen molar-refractivity contribution in [1.82, 2.24) is 10.3 Å². The van der Waals surface area contributed by atoms with Gasteiger partial charge in [0.2, 0.25) is 5.78 Å². The standard InChI is InChI=1S/C10H11N5O3/c1-5-3-13-10(18-5)15-14-7-6(16)4-12-8(7)9(17)11-2/h3H,4H2,1-2H3,(H,11,17)(H,13,15). The number of carbonyl (C=O) groups excluding carboxylic acids is 2. The average Bonchev–Trinajstić information content (AvgIpc) is 2.92. The van der Waals surface area contributed by atoms with Gasteiger partial charge in [-0.05, 0) is 6.92 Å². The molecule has 1 aliphatic rings. The van der Waals surface area contributed by atoms with Crippen LogP contribution >= 0.6 is 0 Å². The van der Waals surface area contributed by atoms with Gasteiger partial charge in [0, 0.05) is 7.05 Å². The van der Waals surface area contributed by atoms with Gasteiger partial charge in [-0.25, -0.2) is 10.4 Å². The lowest BCUT2D eigenvalue weighted by molar-refractivity contribution is -0.114. The van der Waals surface area contributed by atoms with Crippen molar-refractivity contribution >= 4 is 29.1 Å². The first kappa shape index (κ1) is 12.0. The third-order valence-corrected chi connectivity index (χ3v) is 2.20. The number of rotatable bonds is 3. The molecule has 0 saturated heterocycles. The number of hydrogen-bond donors (Lipinski definition) is 2. The van der Waals surface area contributed by atoms with Crippen molar-refractivity contribution < 1.29 is 14.0 Å². The molecule has 2 N–H and O–H groups in total. The third kappa shape index (κ3) is 2.26. The Morgan fingerprint density at radius 2 is 2.33 bits per heavy atom. The number of hydrogen-bond acceptors (Lipinski definition) is 7. The number of aryl methyl sites for hydroxylation is 1. The van der Waals surface area contributed by atoms with E-state index in [0.717, 1.165) is 0 Å². The molecule has 0 unspecified atom stereocenters. The minimum Gasteiger partial charge on any atom is -0.428 e. The van der Waals surface area contributed by atoms with Gasteiger partial charge in [0.05, 0.1) is 6.20 Å². The van der Waals surface area contributed by atoms with E-state index < -0.39 is 5.91 Å². The normalized spacial score (nSPS) is 16.9. The maximum atomic E-state index is 11.5. The van der Waals surface area contributed by atoms with E-state index in [1.807, 2.05) is 0 Å². The predicted molar refractivity (Wildman–Crippen MR) is 63.7 cm³/mol. The molecule has 2 heterocycles. The monoisotopic (exact) mass is 249 g/mol. The molecule has 1 amide bonds. The number of hydrazone groups is 1. The van der Waals surface area contributed by atoms with Crippen LogP contribution in [0.1, 0.15) is 5.76 Å². The Morgan fingerprint density at radius 1 is 1.56 bits per heavy atom. The highest BCUT2D eigenvalue weighted by Gasteiger charge is 2.29. The summed E-state index contributed by atoms with van der Waals surface area (Å²) in [6, 6.07) is 0.149. The van der Waals surface area contributed by atoms with Crippen LogP contribution in [0.4, 0.5) is 6.01 Å². The van der Waals surface area contributed by atoms with Crippen molar-refractivity contribution in [3.63, 3.8) is 0 Å². The molecule has 0 spiro atoms. The molecule has 1 aromatic rings. The van der Waals surface area contributed by atoms with Crippen LogP contribution in [0.5, 0.6) is 0 Å². The van der Waals surface area contributed by atoms with Crippen LogP contribution in [0.3, 0.4) is 0 Å². The minimum absolute atomic E-state index is 0.0123. The van der Waals surface area contributed by atoms with Crippen LogP contribution in [0.2, 0.25) is 0 Å². The number of carbonyl (C=O) groups is 2. The number of nitrogens with one attached hydrogen (secondary N) is 2. The molecular formula is C10H11N5O3. The molecule has 8 heteroatoms. The molecule has 0 radical (unpaired) electrons. The summed E-state index contributed by atoms with van der Waals surface area (Å²) in [7, 11) is 1.45. The van der Waals surface area contributed by atoms with Gasteiger partial charge in [0.15, 0.2) is 11.4 Å². The smallest absolute Gasteiger partial charge is 0.315 e. The summed E-state index contributed by atoms with van der Waals surface area (Å²) < 4.78 is 5.12. The van der Waals surface area contributed by atoms with E-state index in [1.165, 1.54) is 13.2 Å². The molecular weight excluding hydrogens is 238 g/mol. The zero-order valence-electron chi connectivity index (χ0n) is 9.85. The summed E-state index contributed by atoms with van der Waals surface area (Å²) in [4.78, 5) is 30.6. The molecule has 94 valence electrons. The van der Waals surface area contributed by atoms with Crippen LogP contribution < -0.4 is 10.7 Å². The summed E-state index contributed by atoms with van der Waals surface area (Å²) in [5, 5.41) is 6.20. The first-order valence-electron chi connectivity index (χ1n) is 5.18. The Morgan fingerprint density at radius 3 is 2.94 bits per heavy atom. The largest absolute Gasteiger partial charge is 0.428 e. The molecule has 0 fully saturated rings. The predicted octanol–water partition coefficient (Wildman–Crippen LogP) is -0.479. The SMILES string of the molecule is CNC(=O)C1=NCC(=O)C1=NNc1ncc(C)o1. The second kappa shape index (κ2) is 4.78. The molecule has 18 heavy (non-hydrogen) atoms. The average molecular weight is 249 g/mol. The van der Waals surface area contributed by atoms with Crippen molar-refractivity contribution in [2.24, 2.45) is 10.1 Å². The van der Waals surface area contributed by atoms with Crippen molar-refractivity contribution in [2.45, 2.75) is 6.92 Å². The number of Topliss-reactive ketones (excluding diaryl/α,β-unsaturated/α-hetero) is 1. The zero-order valence-corrected chi connectivity index (χ0v) is 9.85. The van der Waals surface area contributed by atoms with E-state index in [2.05, 4.69) is 25.8 Å². The maximum Gasteiger partial charge on any atom is 0.315 e. The van der Waals surface area contributed by atoms with E-state index in [9.17, 15) is 9.59 Å². The van der Waals surface area contributed by atoms with E-state index in [0.29, 0.717) is 5.76 Å². The van der Waals surface area contributed by atoms with Crippen LogP contribution in [-0.4, -0.2) is 41.7 Å². The molecule has 1 aromatic heterocycles. The van der Waals surface area contributed by atoms with Crippen LogP contribution in [0, 0.1) is 6.92 Å². The van der Waals surface area contributed by atoms with E-state index in [4.69, 9.17) is 4.42 Å². The van der Waals surface area contributed by atoms with Gasteiger partial charge in [-0.15, -0.1) is 0 Å². The summed E-state index contributed by atoms with van der Waals surface area (Å²) in [5.41, 5.74) is 2.46. The van der Waals surface area contributed by atoms with Crippen LogP contribution in [0.25, 0.3) is 0 Å². The molecule has 0 atom stereocenters. The van der Waals surface area contributed by atoms with Gasteiger partial charge in [-0.1, -0.05) is 0 Å². The summed E-state index contributed by atoms with van der Waals surface area (Å²) in [6.07, 6.45) is 1.51. The zero-order chi connectivity index (χ0) is 13.1. The Hall–Kier alpha value is -2.51. The van der Waals surface area contributed by atoms with Crippen LogP contribution in [0.15, 0.2) is 20.7 Å². The van der Waals surface area contributed by atoms with Gasteiger partial charge in [0.1, 0.15) is 12.3 Å². The number of nitrogens with zero attached hydrogens (tertiary/aromatic N) is 3. The van der Waals surface area contributed by atoms with Gasteiger partial charge < -0.3 is 9.73 Å². The van der Waals surface area contributed by atoms with Crippen molar-refractivity contribution in [2.75, 3.05) is 19.0 Å². The molecule has 0 saturated carbocycles. The fourth-order valence-electron chi connectivity index (χ4n) is 1.36. The lowest BCUT2D eigenvalue weighted by Crippen LogP contribution is -2.34. The first-order chi connectivity index (χ1) is 8.61. The van der Waals surface area contributed by atoms with E-state index in [-0.39, 0.29) is 29.8 Å². The minimum atomic E-state index is -0.454. The van der Waals surface area contributed by atoms with Gasteiger partial charge in [-0.3, -0.25) is 14.6 Å². The summed E-state index contributed by atoms with van der Waals surface area (Å²) >= 11 is 0. The number of oxazole rings is 1. The maximum absolute atomic E-state index is 11.5. The highest BCUT2D eigenvalue weighted by Crippen LogP contribution is 2.07. The lowest BCUT2D eigenvalue weighted by Gasteiger charge is -2.00. The Kier molecular flexibility index (Phi) is 3.18. The topological polar surface area (TPSA) is 109 Å². The van der Waals surface area contributed by atoms with Gasteiger partial charge in [-0.2, -0.15) is 5.10 Å². The molecule has 1 aliphatic heterocycles. The third-order valence-electron chi connectivity index (χ3n) is 2.20. The van der Waals surface area contributed by atoms with Gasteiger partial charge >= 0.3 is 6.01 Å². The molecule has 8 nitrogen and oxygen atoms in total. The highest BCUT2D eigenvalue weighted by atomic mass is 16.4. The van der Waals surface area contributed by atoms with E-state index in [1.54, 1.807) is 6.92 Å². The Balaban J connectivity index is 2.17. The fourth-order valence-corrected chi connectivity index (χ4v) is 1.36. The number of anilines is 1. The first-order valence-corrected chi connectivity index (χ1v) is 5.18. The lowest BCUT2D eigenvalue weighted by atomic mass is 10.2. The second-order valence-corrected chi connectivity index (χ2v) is 3.52. The Labute approximate surface area is 102 Å². The number of aromatic nitrogens is 1. The number of aliphatic imine (C=N–C) groups is 1. The molecule has 0 aliphatic carbocycles. The van der Waals surface area contributed by atoms with Crippen molar-refractivity contribution in [3.8, 4) is 0 Å². The van der Waals surface area contributed by atoms with Crippen molar-refractivity contribution in [3.05, 3.63) is 12.0 Å². The second-order valence-electron chi connectivity index (χ2n) is 3.52. The van der Waals surface area contributed by atoms with E-state index >= 15 is 0 Å². The molecule has 0 aromatic carbocycles. The van der Waals surface area contributed by atoms with Crippen molar-refractivity contribution in [1.29, 1.82) is 0 Å². The summed E-state index contributed by atoms with van der Waals surface area (Å²) in [6.45, 7) is 1.65. The molecule has 0 bridgehead atoms. The number of amides is 1. The summed E-state index contributed by atoms with van der Waals surface area (Å²) in [5.74, 6) is -0.176. The molecule has 2 rings (SSSR count). The Bertz CT molecular complexity index is 558.